The molecule has 0 bridgehead atoms. The summed E-state index contributed by atoms with van der Waals surface area (Å²) in [5.41, 5.74) is 1.94. The van der Waals surface area contributed by atoms with Crippen LogP contribution in [-0.2, 0) is 6.61 Å². The van der Waals surface area contributed by atoms with Crippen LogP contribution in [0.25, 0.3) is 0 Å². The third-order valence-corrected chi connectivity index (χ3v) is 5.56. The Morgan fingerprint density at radius 1 is 0.971 bits per heavy atom. The summed E-state index contributed by atoms with van der Waals surface area (Å²) in [7, 11) is 0. The Morgan fingerprint density at radius 2 is 1.71 bits per heavy atom. The first-order valence-corrected chi connectivity index (χ1v) is 11.4. The number of amides is 3. The van der Waals surface area contributed by atoms with Gasteiger partial charge in [0.25, 0.3) is 5.91 Å². The van der Waals surface area contributed by atoms with Gasteiger partial charge in [-0.1, -0.05) is 6.07 Å². The molecule has 182 valence electrons. The van der Waals surface area contributed by atoms with Crippen LogP contribution < -0.4 is 14.8 Å². The number of carbonyl (C=O) groups is 2. The minimum Gasteiger partial charge on any atom is -0.490 e. The molecule has 2 aromatic carbocycles. The number of aromatic nitrogens is 1. The molecule has 0 spiro atoms. The number of hydrogen-bond acceptors (Lipinski definition) is 5. The summed E-state index contributed by atoms with van der Waals surface area (Å²) < 4.78 is 24.7. The molecule has 1 fully saturated rings. The number of piperazine rings is 1. The number of anilines is 1. The summed E-state index contributed by atoms with van der Waals surface area (Å²) >= 11 is 0. The molecular formula is C26H27FN4O4. The molecule has 8 nitrogen and oxygen atoms in total. The van der Waals surface area contributed by atoms with Crippen LogP contribution in [0.5, 0.6) is 11.5 Å². The van der Waals surface area contributed by atoms with Crippen LogP contribution in [-0.4, -0.2) is 59.5 Å². The fourth-order valence-corrected chi connectivity index (χ4v) is 3.70. The number of nitrogens with zero attached hydrogens (tertiary/aromatic N) is 3. The lowest BCUT2D eigenvalue weighted by Crippen LogP contribution is -2.51. The normalized spacial score (nSPS) is 13.3. The van der Waals surface area contributed by atoms with Crippen LogP contribution in [0.2, 0.25) is 0 Å². The topological polar surface area (TPSA) is 84.0 Å². The van der Waals surface area contributed by atoms with Crippen LogP contribution in [0.15, 0.2) is 67.0 Å². The number of carbonyl (C=O) groups excluding carboxylic acids is 2. The molecule has 1 saturated heterocycles. The van der Waals surface area contributed by atoms with Crippen molar-refractivity contribution in [1.29, 1.82) is 0 Å². The average molecular weight is 479 g/mol. The minimum atomic E-state index is -0.365. The van der Waals surface area contributed by atoms with Gasteiger partial charge in [0.05, 0.1) is 6.61 Å². The van der Waals surface area contributed by atoms with Crippen molar-refractivity contribution in [3.63, 3.8) is 0 Å². The van der Waals surface area contributed by atoms with E-state index in [1.54, 1.807) is 40.4 Å². The number of rotatable bonds is 7. The first kappa shape index (κ1) is 24.0. The fourth-order valence-electron chi connectivity index (χ4n) is 3.70. The van der Waals surface area contributed by atoms with Gasteiger partial charge in [0, 0.05) is 55.4 Å². The van der Waals surface area contributed by atoms with E-state index in [0.29, 0.717) is 62.1 Å². The number of pyridine rings is 1. The molecule has 0 unspecified atom stereocenters. The second-order valence-corrected chi connectivity index (χ2v) is 7.96. The van der Waals surface area contributed by atoms with E-state index in [9.17, 15) is 14.0 Å². The highest BCUT2D eigenvalue weighted by Crippen LogP contribution is 2.30. The van der Waals surface area contributed by atoms with E-state index in [0.717, 1.165) is 5.56 Å². The van der Waals surface area contributed by atoms with Crippen LogP contribution >= 0.6 is 0 Å². The second-order valence-electron chi connectivity index (χ2n) is 7.96. The average Bonchev–Trinajstić information content (AvgIpc) is 2.89. The number of nitrogens with one attached hydrogen (secondary N) is 1. The van der Waals surface area contributed by atoms with Crippen LogP contribution in [0, 0.1) is 5.82 Å². The molecule has 1 aliphatic heterocycles. The largest absolute Gasteiger partial charge is 0.490 e. The Kier molecular flexibility index (Phi) is 7.77. The van der Waals surface area contributed by atoms with Crippen molar-refractivity contribution >= 4 is 17.6 Å². The van der Waals surface area contributed by atoms with E-state index in [4.69, 9.17) is 9.47 Å². The zero-order chi connectivity index (χ0) is 24.6. The maximum Gasteiger partial charge on any atom is 0.321 e. The first-order chi connectivity index (χ1) is 17.0. The third-order valence-electron chi connectivity index (χ3n) is 5.56. The third kappa shape index (κ3) is 6.26. The van der Waals surface area contributed by atoms with Gasteiger partial charge in [0.1, 0.15) is 12.4 Å². The highest BCUT2D eigenvalue weighted by Gasteiger charge is 2.25. The zero-order valence-corrected chi connectivity index (χ0v) is 19.4. The number of benzene rings is 2. The molecule has 1 N–H and O–H groups in total. The highest BCUT2D eigenvalue weighted by atomic mass is 19.1. The molecule has 2 heterocycles. The smallest absolute Gasteiger partial charge is 0.321 e. The Bertz CT molecular complexity index is 1150. The molecule has 0 aliphatic carbocycles. The van der Waals surface area contributed by atoms with Crippen molar-refractivity contribution in [3.8, 4) is 11.5 Å². The molecule has 0 radical (unpaired) electrons. The van der Waals surface area contributed by atoms with Crippen molar-refractivity contribution in [3.05, 3.63) is 83.9 Å². The maximum absolute atomic E-state index is 13.1. The summed E-state index contributed by atoms with van der Waals surface area (Å²) in [6.45, 7) is 4.23. The molecule has 4 rings (SSSR count). The molecule has 3 aromatic rings. The Morgan fingerprint density at radius 3 is 2.40 bits per heavy atom. The standard InChI is InChI=1S/C26H27FN4O4/c1-2-34-24-16-20(5-10-23(24)35-18-19-4-3-11-28-17-19)25(32)30-12-14-31(15-13-30)26(33)29-22-8-6-21(27)7-9-22/h3-11,16-17H,2,12-15,18H2,1H3,(H,29,33). The lowest BCUT2D eigenvalue weighted by atomic mass is 10.1. The summed E-state index contributed by atoms with van der Waals surface area (Å²) in [6, 6.07) is 14.2. The monoisotopic (exact) mass is 478 g/mol. The predicted molar refractivity (Wildman–Crippen MR) is 129 cm³/mol. The van der Waals surface area contributed by atoms with Crippen molar-refractivity contribution in [2.45, 2.75) is 13.5 Å². The molecule has 9 heteroatoms. The van der Waals surface area contributed by atoms with Gasteiger partial charge < -0.3 is 24.6 Å². The van der Waals surface area contributed by atoms with Gasteiger partial charge in [-0.25, -0.2) is 9.18 Å². The zero-order valence-electron chi connectivity index (χ0n) is 19.4. The van der Waals surface area contributed by atoms with Crippen molar-refractivity contribution in [2.24, 2.45) is 0 Å². The van der Waals surface area contributed by atoms with E-state index < -0.39 is 0 Å². The molecule has 0 atom stereocenters. The fraction of sp³-hybridized carbons (Fsp3) is 0.269. The van der Waals surface area contributed by atoms with Crippen molar-refractivity contribution in [2.75, 3.05) is 38.1 Å². The Labute approximate surface area is 203 Å². The summed E-state index contributed by atoms with van der Waals surface area (Å²) in [6.07, 6.45) is 3.44. The maximum atomic E-state index is 13.1. The summed E-state index contributed by atoms with van der Waals surface area (Å²) in [5.74, 6) is 0.549. The van der Waals surface area contributed by atoms with Crippen LogP contribution in [0.3, 0.4) is 0 Å². The molecule has 3 amide bonds. The van der Waals surface area contributed by atoms with Crippen LogP contribution in [0.1, 0.15) is 22.8 Å². The number of hydrogen-bond donors (Lipinski definition) is 1. The van der Waals surface area contributed by atoms with E-state index >= 15 is 0 Å². The van der Waals surface area contributed by atoms with Gasteiger partial charge >= 0.3 is 6.03 Å². The lowest BCUT2D eigenvalue weighted by Gasteiger charge is -2.34. The van der Waals surface area contributed by atoms with E-state index in [2.05, 4.69) is 10.3 Å². The number of halogens is 1. The SMILES string of the molecule is CCOc1cc(C(=O)N2CCN(C(=O)Nc3ccc(F)cc3)CC2)ccc1OCc1cccnc1. The lowest BCUT2D eigenvalue weighted by molar-refractivity contribution is 0.0671. The van der Waals surface area contributed by atoms with Gasteiger partial charge in [0.2, 0.25) is 0 Å². The quantitative estimate of drug-likeness (QED) is 0.551. The highest BCUT2D eigenvalue weighted by molar-refractivity contribution is 5.95. The van der Waals surface area contributed by atoms with Gasteiger partial charge in [-0.15, -0.1) is 0 Å². The molecule has 1 aliphatic rings. The van der Waals surface area contributed by atoms with Crippen LogP contribution in [0.4, 0.5) is 14.9 Å². The minimum absolute atomic E-state index is 0.136. The molecule has 0 saturated carbocycles. The van der Waals surface area contributed by atoms with Gasteiger partial charge in [-0.3, -0.25) is 9.78 Å². The van der Waals surface area contributed by atoms with Gasteiger partial charge in [-0.2, -0.15) is 0 Å². The predicted octanol–water partition coefficient (Wildman–Crippen LogP) is 4.19. The molecule has 35 heavy (non-hydrogen) atoms. The Hall–Kier alpha value is -4.14. The molecular weight excluding hydrogens is 451 g/mol. The number of urea groups is 1. The van der Waals surface area contributed by atoms with Crippen molar-refractivity contribution in [1.82, 2.24) is 14.8 Å². The second kappa shape index (κ2) is 11.3. The molecule has 1 aromatic heterocycles. The van der Waals surface area contributed by atoms with E-state index in [1.807, 2.05) is 19.1 Å². The number of ether oxygens (including phenoxy) is 2. The first-order valence-electron chi connectivity index (χ1n) is 11.4. The van der Waals surface area contributed by atoms with E-state index in [1.165, 1.54) is 24.3 Å². The van der Waals surface area contributed by atoms with E-state index in [-0.39, 0.29) is 17.8 Å². The Balaban J connectivity index is 1.35. The van der Waals surface area contributed by atoms with Gasteiger partial charge in [0.15, 0.2) is 11.5 Å². The van der Waals surface area contributed by atoms with Gasteiger partial charge in [-0.05, 0) is 55.5 Å². The van der Waals surface area contributed by atoms with Crippen molar-refractivity contribution < 1.29 is 23.5 Å². The summed E-state index contributed by atoms with van der Waals surface area (Å²) in [4.78, 5) is 33.0. The summed E-state index contributed by atoms with van der Waals surface area (Å²) in [5, 5.41) is 2.75.